The molecule has 0 bridgehead atoms. The normalized spacial score (nSPS) is 15.7. The van der Waals surface area contributed by atoms with Crippen molar-refractivity contribution in [2.75, 3.05) is 6.54 Å². The van der Waals surface area contributed by atoms with Gasteiger partial charge in [0.05, 0.1) is 0 Å². The monoisotopic (exact) mass is 260 g/mol. The molecule has 1 N–H and O–H groups in total. The molecular weight excluding hydrogens is 236 g/mol. The Morgan fingerprint density at radius 2 is 1.95 bits per heavy atom. The Labute approximate surface area is 116 Å². The standard InChI is InChI=1S/C16H24N2O/c1-11(2)17-16(19)14-5-6-15-10-18(12(3)4)8-7-13(15)9-14/h5-6,9,11-12H,7-8,10H2,1-4H3,(H,17,19). The molecule has 1 aliphatic rings. The molecule has 0 radical (unpaired) electrons. The van der Waals surface area contributed by atoms with Crippen LogP contribution in [0, 0.1) is 0 Å². The van der Waals surface area contributed by atoms with Crippen LogP contribution < -0.4 is 5.32 Å². The van der Waals surface area contributed by atoms with Gasteiger partial charge in [0.2, 0.25) is 0 Å². The van der Waals surface area contributed by atoms with Crippen LogP contribution in [0.15, 0.2) is 18.2 Å². The van der Waals surface area contributed by atoms with Gasteiger partial charge < -0.3 is 5.32 Å². The lowest BCUT2D eigenvalue weighted by Crippen LogP contribution is -2.36. The van der Waals surface area contributed by atoms with Crippen LogP contribution in [0.25, 0.3) is 0 Å². The van der Waals surface area contributed by atoms with Gasteiger partial charge in [-0.05, 0) is 57.4 Å². The number of benzene rings is 1. The summed E-state index contributed by atoms with van der Waals surface area (Å²) in [5.41, 5.74) is 3.47. The van der Waals surface area contributed by atoms with Gasteiger partial charge in [-0.2, -0.15) is 0 Å². The lowest BCUT2D eigenvalue weighted by molar-refractivity contribution is 0.0943. The third kappa shape index (κ3) is 3.35. The van der Waals surface area contributed by atoms with E-state index in [1.54, 1.807) is 0 Å². The molecule has 1 heterocycles. The molecule has 1 amide bonds. The molecule has 0 unspecified atom stereocenters. The molecule has 3 nitrogen and oxygen atoms in total. The number of rotatable bonds is 3. The highest BCUT2D eigenvalue weighted by atomic mass is 16.1. The van der Waals surface area contributed by atoms with Gasteiger partial charge in [0.1, 0.15) is 0 Å². The molecule has 0 fully saturated rings. The topological polar surface area (TPSA) is 32.3 Å². The van der Waals surface area contributed by atoms with Gasteiger partial charge in [-0.15, -0.1) is 0 Å². The van der Waals surface area contributed by atoms with Gasteiger partial charge in [0, 0.05) is 30.7 Å². The van der Waals surface area contributed by atoms with E-state index >= 15 is 0 Å². The summed E-state index contributed by atoms with van der Waals surface area (Å²) < 4.78 is 0. The highest BCUT2D eigenvalue weighted by Crippen LogP contribution is 2.21. The van der Waals surface area contributed by atoms with Crippen LogP contribution in [-0.2, 0) is 13.0 Å². The summed E-state index contributed by atoms with van der Waals surface area (Å²) in [6, 6.07) is 6.88. The first kappa shape index (κ1) is 14.1. The van der Waals surface area contributed by atoms with E-state index in [1.165, 1.54) is 11.1 Å². The molecule has 19 heavy (non-hydrogen) atoms. The highest BCUT2D eigenvalue weighted by Gasteiger charge is 2.19. The second kappa shape index (κ2) is 5.74. The quantitative estimate of drug-likeness (QED) is 0.906. The van der Waals surface area contributed by atoms with Gasteiger partial charge in [0.15, 0.2) is 0 Å². The first-order valence-corrected chi connectivity index (χ1v) is 7.14. The largest absolute Gasteiger partial charge is 0.350 e. The van der Waals surface area contributed by atoms with Crippen molar-refractivity contribution in [1.82, 2.24) is 10.2 Å². The molecule has 0 saturated carbocycles. The smallest absolute Gasteiger partial charge is 0.251 e. The summed E-state index contributed by atoms with van der Waals surface area (Å²) in [6.45, 7) is 10.5. The predicted molar refractivity (Wildman–Crippen MR) is 78.3 cm³/mol. The number of fused-ring (bicyclic) bond motifs is 1. The SMILES string of the molecule is CC(C)NC(=O)c1ccc2c(c1)CCN(C(C)C)C2. The van der Waals surface area contributed by atoms with Gasteiger partial charge in [0.25, 0.3) is 5.91 Å². The van der Waals surface area contributed by atoms with Gasteiger partial charge in [-0.3, -0.25) is 9.69 Å². The number of hydrogen-bond donors (Lipinski definition) is 1. The zero-order chi connectivity index (χ0) is 14.0. The molecule has 1 aliphatic heterocycles. The Balaban J connectivity index is 2.15. The van der Waals surface area contributed by atoms with Crippen molar-refractivity contribution in [3.8, 4) is 0 Å². The molecule has 0 spiro atoms. The molecule has 3 heteroatoms. The molecular formula is C16H24N2O. The molecule has 1 aromatic carbocycles. The number of carbonyl (C=O) groups excluding carboxylic acids is 1. The number of carbonyl (C=O) groups is 1. The average molecular weight is 260 g/mol. The minimum atomic E-state index is 0.0316. The Morgan fingerprint density at radius 1 is 1.21 bits per heavy atom. The Morgan fingerprint density at radius 3 is 2.58 bits per heavy atom. The van der Waals surface area contributed by atoms with Crippen LogP contribution >= 0.6 is 0 Å². The van der Waals surface area contributed by atoms with Crippen LogP contribution in [0.4, 0.5) is 0 Å². The summed E-state index contributed by atoms with van der Waals surface area (Å²) in [4.78, 5) is 14.5. The minimum Gasteiger partial charge on any atom is -0.350 e. The van der Waals surface area contributed by atoms with Crippen LogP contribution in [0.1, 0.15) is 49.2 Å². The molecule has 2 rings (SSSR count). The predicted octanol–water partition coefficient (Wildman–Crippen LogP) is 2.59. The van der Waals surface area contributed by atoms with Crippen molar-refractivity contribution in [1.29, 1.82) is 0 Å². The zero-order valence-electron chi connectivity index (χ0n) is 12.4. The van der Waals surface area contributed by atoms with Crippen molar-refractivity contribution in [2.45, 2.75) is 52.7 Å². The third-order valence-electron chi connectivity index (χ3n) is 3.66. The number of amides is 1. The van der Waals surface area contributed by atoms with Crippen LogP contribution in [0.5, 0.6) is 0 Å². The Bertz CT molecular complexity index is 466. The van der Waals surface area contributed by atoms with E-state index in [2.05, 4.69) is 36.2 Å². The van der Waals surface area contributed by atoms with Crippen LogP contribution in [0.3, 0.4) is 0 Å². The van der Waals surface area contributed by atoms with E-state index in [9.17, 15) is 4.79 Å². The van der Waals surface area contributed by atoms with Crippen molar-refractivity contribution in [3.63, 3.8) is 0 Å². The Hall–Kier alpha value is -1.35. The second-order valence-electron chi connectivity index (χ2n) is 5.93. The minimum absolute atomic E-state index is 0.0316. The second-order valence-corrected chi connectivity index (χ2v) is 5.93. The molecule has 0 atom stereocenters. The van der Waals surface area contributed by atoms with Crippen LogP contribution in [-0.4, -0.2) is 29.4 Å². The van der Waals surface area contributed by atoms with Gasteiger partial charge in [-0.1, -0.05) is 6.07 Å². The molecule has 0 aromatic heterocycles. The van der Waals surface area contributed by atoms with Crippen molar-refractivity contribution in [2.24, 2.45) is 0 Å². The molecule has 0 saturated heterocycles. The van der Waals surface area contributed by atoms with E-state index in [-0.39, 0.29) is 11.9 Å². The van der Waals surface area contributed by atoms with Crippen molar-refractivity contribution < 1.29 is 4.79 Å². The summed E-state index contributed by atoms with van der Waals surface area (Å²) in [7, 11) is 0. The van der Waals surface area contributed by atoms with Crippen molar-refractivity contribution >= 4 is 5.91 Å². The van der Waals surface area contributed by atoms with E-state index in [0.29, 0.717) is 6.04 Å². The fourth-order valence-electron chi connectivity index (χ4n) is 2.50. The van der Waals surface area contributed by atoms with E-state index < -0.39 is 0 Å². The lowest BCUT2D eigenvalue weighted by atomic mass is 9.96. The maximum absolute atomic E-state index is 12.0. The fraction of sp³-hybridized carbons (Fsp3) is 0.562. The molecule has 0 aliphatic carbocycles. The Kier molecular flexibility index (Phi) is 4.25. The average Bonchev–Trinajstić information content (AvgIpc) is 2.36. The fourth-order valence-corrected chi connectivity index (χ4v) is 2.50. The number of nitrogens with zero attached hydrogens (tertiary/aromatic N) is 1. The maximum Gasteiger partial charge on any atom is 0.251 e. The lowest BCUT2D eigenvalue weighted by Gasteiger charge is -2.32. The molecule has 104 valence electrons. The first-order valence-electron chi connectivity index (χ1n) is 7.14. The maximum atomic E-state index is 12.0. The zero-order valence-corrected chi connectivity index (χ0v) is 12.4. The van der Waals surface area contributed by atoms with Gasteiger partial charge in [-0.25, -0.2) is 0 Å². The van der Waals surface area contributed by atoms with E-state index in [0.717, 1.165) is 25.1 Å². The first-order chi connectivity index (χ1) is 8.97. The summed E-state index contributed by atoms with van der Waals surface area (Å²) in [5, 5.41) is 2.94. The summed E-state index contributed by atoms with van der Waals surface area (Å²) in [5.74, 6) is 0.0316. The third-order valence-corrected chi connectivity index (χ3v) is 3.66. The molecule has 1 aromatic rings. The van der Waals surface area contributed by atoms with Gasteiger partial charge >= 0.3 is 0 Å². The highest BCUT2D eigenvalue weighted by molar-refractivity contribution is 5.94. The summed E-state index contributed by atoms with van der Waals surface area (Å²) in [6.07, 6.45) is 1.04. The number of hydrogen-bond acceptors (Lipinski definition) is 2. The van der Waals surface area contributed by atoms with Crippen LogP contribution in [0.2, 0.25) is 0 Å². The number of nitrogens with one attached hydrogen (secondary N) is 1. The van der Waals surface area contributed by atoms with E-state index in [4.69, 9.17) is 0 Å². The van der Waals surface area contributed by atoms with Crippen molar-refractivity contribution in [3.05, 3.63) is 34.9 Å². The van der Waals surface area contributed by atoms with E-state index in [1.807, 2.05) is 19.9 Å². The summed E-state index contributed by atoms with van der Waals surface area (Å²) >= 11 is 0.